The van der Waals surface area contributed by atoms with Gasteiger partial charge in [-0.3, -0.25) is 14.6 Å². The summed E-state index contributed by atoms with van der Waals surface area (Å²) in [5.41, 5.74) is 3.16. The molecule has 1 aromatic heterocycles. The fraction of sp³-hybridized carbons (Fsp3) is 0.276. The number of anilines is 2. The van der Waals surface area contributed by atoms with Crippen LogP contribution in [0.25, 0.3) is 17.0 Å². The van der Waals surface area contributed by atoms with Gasteiger partial charge in [0.2, 0.25) is 5.91 Å². The second-order valence-electron chi connectivity index (χ2n) is 10.2. The van der Waals surface area contributed by atoms with Crippen molar-refractivity contribution in [2.45, 2.75) is 13.8 Å². The van der Waals surface area contributed by atoms with E-state index < -0.39 is 5.97 Å². The molecule has 2 fully saturated rings. The molecule has 3 N–H and O–H groups in total. The molecule has 0 aliphatic carbocycles. The molecule has 0 atom stereocenters. The quantitative estimate of drug-likeness (QED) is 0.348. The number of nitrogens with one attached hydrogen (secondary N) is 2. The van der Waals surface area contributed by atoms with Crippen molar-refractivity contribution < 1.29 is 19.5 Å². The number of benzene rings is 2. The van der Waals surface area contributed by atoms with E-state index in [1.807, 2.05) is 25.2 Å². The topological polar surface area (TPSA) is 127 Å². The molecule has 2 saturated heterocycles. The molecule has 0 saturated carbocycles. The van der Waals surface area contributed by atoms with E-state index in [-0.39, 0.29) is 23.3 Å². The molecule has 0 bridgehead atoms. The summed E-state index contributed by atoms with van der Waals surface area (Å²) in [6, 6.07) is 10.5. The molecule has 212 valence electrons. The van der Waals surface area contributed by atoms with Crippen LogP contribution in [0.1, 0.15) is 29.8 Å². The highest BCUT2D eigenvalue weighted by atomic mass is 35.5. The van der Waals surface area contributed by atoms with Crippen LogP contribution in [0.5, 0.6) is 0 Å². The van der Waals surface area contributed by atoms with Crippen molar-refractivity contribution in [3.63, 3.8) is 0 Å². The van der Waals surface area contributed by atoms with Crippen molar-refractivity contribution in [2.75, 3.05) is 43.4 Å². The van der Waals surface area contributed by atoms with Crippen LogP contribution in [0.2, 0.25) is 5.02 Å². The first-order chi connectivity index (χ1) is 19.6. The Kier molecular flexibility index (Phi) is 8.30. The van der Waals surface area contributed by atoms with Gasteiger partial charge in [0.05, 0.1) is 26.8 Å². The Morgan fingerprint density at radius 2 is 1.93 bits per heavy atom. The summed E-state index contributed by atoms with van der Waals surface area (Å²) in [5.74, 6) is -1.66. The lowest BCUT2D eigenvalue weighted by Crippen LogP contribution is -2.45. The molecule has 3 heterocycles. The largest absolute Gasteiger partial charge is 0.478 e. The number of aromatic carboxylic acids is 1. The first kappa shape index (κ1) is 28.6. The van der Waals surface area contributed by atoms with Gasteiger partial charge >= 0.3 is 5.97 Å². The number of hydrogen-bond acceptors (Lipinski definition) is 8. The molecule has 41 heavy (non-hydrogen) atoms. The van der Waals surface area contributed by atoms with Gasteiger partial charge in [-0.05, 0) is 60.8 Å². The number of carbonyl (C=O) groups is 3. The average molecular weight is 593 g/mol. The summed E-state index contributed by atoms with van der Waals surface area (Å²) in [6.45, 7) is 6.64. The third-order valence-electron chi connectivity index (χ3n) is 6.82. The first-order valence-electron chi connectivity index (χ1n) is 13.1. The molecule has 5 rings (SSSR count). The normalized spacial score (nSPS) is 18.0. The molecule has 0 unspecified atom stereocenters. The van der Waals surface area contributed by atoms with Crippen molar-refractivity contribution in [2.24, 2.45) is 10.9 Å². The number of pyridine rings is 1. The Balaban J connectivity index is 1.45. The molecule has 10 nitrogen and oxygen atoms in total. The van der Waals surface area contributed by atoms with E-state index in [0.29, 0.717) is 56.2 Å². The number of aromatic nitrogens is 1. The number of halogens is 1. The number of hydrogen-bond donors (Lipinski definition) is 3. The SMILES string of the molecule is CC(C)C(=O)Nc1ccc(Cl)c(N=C2NC(=O)C(=Cc3ccc4ncc(C(=O)O)c(N5CCN(C)CC5)c4c3)S2)c1. The number of carbonyl (C=O) groups excluding carboxylic acids is 2. The number of carboxylic acids is 1. The number of aliphatic imine (C=N–C) groups is 1. The summed E-state index contributed by atoms with van der Waals surface area (Å²) in [6.07, 6.45) is 3.15. The predicted octanol–water partition coefficient (Wildman–Crippen LogP) is 4.82. The van der Waals surface area contributed by atoms with Gasteiger partial charge in [-0.25, -0.2) is 9.79 Å². The van der Waals surface area contributed by atoms with Crippen molar-refractivity contribution in [3.8, 4) is 0 Å². The highest BCUT2D eigenvalue weighted by Crippen LogP contribution is 2.35. The van der Waals surface area contributed by atoms with Crippen LogP contribution < -0.4 is 15.5 Å². The molecule has 2 aromatic carbocycles. The Morgan fingerprint density at radius 1 is 1.17 bits per heavy atom. The smallest absolute Gasteiger partial charge is 0.339 e. The molecule has 2 aliphatic heterocycles. The molecule has 2 amide bonds. The van der Waals surface area contributed by atoms with E-state index in [2.05, 4.69) is 30.4 Å². The van der Waals surface area contributed by atoms with E-state index in [9.17, 15) is 19.5 Å². The number of rotatable bonds is 6. The number of thioether (sulfide) groups is 1. The van der Waals surface area contributed by atoms with E-state index in [1.54, 1.807) is 38.1 Å². The number of amidine groups is 1. The molecular formula is C29H29ClN6O4S. The molecule has 2 aliphatic rings. The minimum absolute atomic E-state index is 0.128. The lowest BCUT2D eigenvalue weighted by molar-refractivity contribution is -0.119. The lowest BCUT2D eigenvalue weighted by Gasteiger charge is -2.35. The monoisotopic (exact) mass is 592 g/mol. The molecule has 0 radical (unpaired) electrons. The van der Waals surface area contributed by atoms with Crippen molar-refractivity contribution in [1.82, 2.24) is 15.2 Å². The highest BCUT2D eigenvalue weighted by molar-refractivity contribution is 8.18. The first-order valence-corrected chi connectivity index (χ1v) is 14.3. The fourth-order valence-electron chi connectivity index (χ4n) is 4.52. The predicted molar refractivity (Wildman–Crippen MR) is 164 cm³/mol. The van der Waals surface area contributed by atoms with Crippen LogP contribution in [-0.2, 0) is 9.59 Å². The summed E-state index contributed by atoms with van der Waals surface area (Å²) < 4.78 is 0. The highest BCUT2D eigenvalue weighted by Gasteiger charge is 2.26. The van der Waals surface area contributed by atoms with Crippen molar-refractivity contribution in [3.05, 3.63) is 63.6 Å². The summed E-state index contributed by atoms with van der Waals surface area (Å²) in [4.78, 5) is 50.6. The molecular weight excluding hydrogens is 564 g/mol. The van der Waals surface area contributed by atoms with Crippen LogP contribution in [0.15, 0.2) is 52.5 Å². The Labute approximate surface area is 246 Å². The maximum atomic E-state index is 12.8. The van der Waals surface area contributed by atoms with Crippen molar-refractivity contribution >= 4 is 80.4 Å². The second kappa shape index (κ2) is 11.9. The zero-order valence-corrected chi connectivity index (χ0v) is 24.3. The Morgan fingerprint density at radius 3 is 2.63 bits per heavy atom. The van der Waals surface area contributed by atoms with Gasteiger partial charge in [0, 0.05) is 49.4 Å². The van der Waals surface area contributed by atoms with Gasteiger partial charge in [0.25, 0.3) is 5.91 Å². The summed E-state index contributed by atoms with van der Waals surface area (Å²) >= 11 is 7.51. The van der Waals surface area contributed by atoms with Gasteiger partial charge in [0.15, 0.2) is 5.17 Å². The number of fused-ring (bicyclic) bond motifs is 1. The summed E-state index contributed by atoms with van der Waals surface area (Å²) in [7, 11) is 2.04. The minimum atomic E-state index is -1.03. The van der Waals surface area contributed by atoms with Crippen LogP contribution >= 0.6 is 23.4 Å². The van der Waals surface area contributed by atoms with Crippen LogP contribution in [0.3, 0.4) is 0 Å². The van der Waals surface area contributed by atoms with E-state index in [1.165, 1.54) is 18.0 Å². The number of amides is 2. The maximum Gasteiger partial charge on any atom is 0.339 e. The zero-order chi connectivity index (χ0) is 29.3. The van der Waals surface area contributed by atoms with Gasteiger partial charge in [-0.15, -0.1) is 0 Å². The van der Waals surface area contributed by atoms with E-state index in [0.717, 1.165) is 18.7 Å². The van der Waals surface area contributed by atoms with Gasteiger partial charge < -0.3 is 25.5 Å². The van der Waals surface area contributed by atoms with Gasteiger partial charge in [-0.2, -0.15) is 0 Å². The third-order valence-corrected chi connectivity index (χ3v) is 8.05. The lowest BCUT2D eigenvalue weighted by atomic mass is 10.0. The third kappa shape index (κ3) is 6.37. The van der Waals surface area contributed by atoms with Crippen LogP contribution in [0.4, 0.5) is 17.1 Å². The minimum Gasteiger partial charge on any atom is -0.478 e. The molecule has 0 spiro atoms. The van der Waals surface area contributed by atoms with Crippen LogP contribution in [0, 0.1) is 5.92 Å². The Hall–Kier alpha value is -3.93. The van der Waals surface area contributed by atoms with Gasteiger partial charge in [-0.1, -0.05) is 31.5 Å². The van der Waals surface area contributed by atoms with E-state index in [4.69, 9.17) is 11.6 Å². The number of carboxylic acid groups (broad SMARTS) is 1. The standard InChI is InChI=1S/C29H29ClN6O4S/c1-16(2)26(37)32-18-5-6-21(30)23(14-18)33-29-34-27(38)24(41-29)13-17-4-7-22-19(12-17)25(20(15-31-22)28(39)40)36-10-8-35(3)9-11-36/h4-7,12-16H,8-11H2,1-3H3,(H,32,37)(H,39,40)(H,33,34,38). The fourth-order valence-corrected chi connectivity index (χ4v) is 5.51. The molecule has 3 aromatic rings. The zero-order valence-electron chi connectivity index (χ0n) is 22.8. The number of piperazine rings is 1. The summed E-state index contributed by atoms with van der Waals surface area (Å²) in [5, 5.41) is 16.9. The maximum absolute atomic E-state index is 12.8. The second-order valence-corrected chi connectivity index (χ2v) is 11.6. The Bertz CT molecular complexity index is 1610. The van der Waals surface area contributed by atoms with Crippen LogP contribution in [-0.4, -0.2) is 71.2 Å². The van der Waals surface area contributed by atoms with E-state index >= 15 is 0 Å². The average Bonchev–Trinajstić information content (AvgIpc) is 3.28. The number of likely N-dealkylation sites (N-methyl/N-ethyl adjacent to an activating group) is 1. The van der Waals surface area contributed by atoms with Gasteiger partial charge in [0.1, 0.15) is 5.56 Å². The molecule has 12 heteroatoms. The van der Waals surface area contributed by atoms with Crippen molar-refractivity contribution in [1.29, 1.82) is 0 Å². The number of nitrogens with zero attached hydrogens (tertiary/aromatic N) is 4.